The fraction of sp³-hybridized carbons (Fsp3) is 0.267. The minimum Gasteiger partial charge on any atom is -0.490 e. The number of hydrogen-bond donors (Lipinski definition) is 0. The molecule has 1 fully saturated rings. The first kappa shape index (κ1) is 31.5. The van der Waals surface area contributed by atoms with Gasteiger partial charge in [-0.2, -0.15) is 22.9 Å². The first-order valence-corrected chi connectivity index (χ1v) is 14.6. The van der Waals surface area contributed by atoms with Crippen LogP contribution in [-0.2, 0) is 15.7 Å². The molecule has 44 heavy (non-hydrogen) atoms. The molecule has 0 aliphatic carbocycles. The first-order chi connectivity index (χ1) is 21.1. The highest BCUT2D eigenvalue weighted by atomic mass is 79.9. The van der Waals surface area contributed by atoms with Crippen molar-refractivity contribution in [1.82, 2.24) is 14.6 Å². The van der Waals surface area contributed by atoms with Crippen LogP contribution in [0.1, 0.15) is 18.1 Å². The minimum absolute atomic E-state index is 0.0422. The third-order valence-electron chi connectivity index (χ3n) is 6.67. The van der Waals surface area contributed by atoms with E-state index in [1.165, 1.54) is 18.3 Å². The van der Waals surface area contributed by atoms with E-state index >= 15 is 0 Å². The molecule has 1 saturated heterocycles. The van der Waals surface area contributed by atoms with Gasteiger partial charge in [0.25, 0.3) is 11.5 Å². The van der Waals surface area contributed by atoms with Gasteiger partial charge in [-0.1, -0.05) is 35.9 Å². The van der Waals surface area contributed by atoms with Gasteiger partial charge in [-0.25, -0.2) is 4.98 Å². The van der Waals surface area contributed by atoms with Crippen LogP contribution in [-0.4, -0.2) is 66.2 Å². The highest BCUT2D eigenvalue weighted by molar-refractivity contribution is 9.10. The number of benzene rings is 3. The number of carbonyl (C=O) groups is 1. The molecular formula is C30H25BrClF3N4O5. The Balaban J connectivity index is 1.55. The third kappa shape index (κ3) is 6.74. The number of para-hydroxylation sites is 1. The Hall–Kier alpha value is -3.94. The van der Waals surface area contributed by atoms with E-state index in [1.54, 1.807) is 42.2 Å². The first-order valence-electron chi connectivity index (χ1n) is 13.5. The second-order valence-corrected chi connectivity index (χ2v) is 10.7. The van der Waals surface area contributed by atoms with Crippen LogP contribution < -0.4 is 15.0 Å². The SMILES string of the molecule is CCOc1cc(C=Nn2c(-c3cccc(C(F)(F)F)c3)nc3ccccc3c2=O)c(Br)c(Cl)c1OCC(=O)N1CCOCC1. The second-order valence-electron chi connectivity index (χ2n) is 9.53. The summed E-state index contributed by atoms with van der Waals surface area (Å²) < 4.78 is 58.6. The number of hydrogen-bond acceptors (Lipinski definition) is 7. The average Bonchev–Trinajstić information content (AvgIpc) is 3.02. The predicted molar refractivity (Wildman–Crippen MR) is 163 cm³/mol. The lowest BCUT2D eigenvalue weighted by molar-refractivity contribution is -0.138. The van der Waals surface area contributed by atoms with Crippen molar-refractivity contribution >= 4 is 50.6 Å². The van der Waals surface area contributed by atoms with E-state index in [-0.39, 0.29) is 52.4 Å². The molecular weight excluding hydrogens is 669 g/mol. The summed E-state index contributed by atoms with van der Waals surface area (Å²) in [6.45, 7) is 3.53. The van der Waals surface area contributed by atoms with E-state index in [9.17, 15) is 22.8 Å². The average molecular weight is 694 g/mol. The number of carbonyl (C=O) groups excluding carboxylic acids is 1. The van der Waals surface area contributed by atoms with Gasteiger partial charge in [0.2, 0.25) is 0 Å². The summed E-state index contributed by atoms with van der Waals surface area (Å²) in [6.07, 6.45) is -3.30. The van der Waals surface area contributed by atoms with Crippen LogP contribution in [0, 0.1) is 0 Å². The van der Waals surface area contributed by atoms with E-state index in [4.69, 9.17) is 25.8 Å². The molecule has 0 radical (unpaired) electrons. The number of morpholine rings is 1. The monoisotopic (exact) mass is 692 g/mol. The molecule has 0 bridgehead atoms. The topological polar surface area (TPSA) is 95.2 Å². The van der Waals surface area contributed by atoms with Gasteiger partial charge < -0.3 is 19.1 Å². The zero-order chi connectivity index (χ0) is 31.4. The standard InChI is InChI=1S/C30H25BrClF3N4O5/c1-2-43-23-15-19(25(31)26(32)27(23)44-17-24(40)38-10-12-42-13-11-38)16-36-39-28(18-6-5-7-20(14-18)30(33,34)35)37-22-9-4-3-8-21(22)29(39)41/h3-9,14-16H,2,10-13,17H2,1H3. The summed E-state index contributed by atoms with van der Waals surface area (Å²) in [5.74, 6) is 0.0242. The molecule has 2 heterocycles. The van der Waals surface area contributed by atoms with Crippen LogP contribution in [0.15, 0.2) is 69.0 Å². The van der Waals surface area contributed by atoms with Crippen molar-refractivity contribution in [2.45, 2.75) is 13.1 Å². The van der Waals surface area contributed by atoms with E-state index in [2.05, 4.69) is 26.0 Å². The summed E-state index contributed by atoms with van der Waals surface area (Å²) in [6, 6.07) is 12.5. The molecule has 4 aromatic rings. The second kappa shape index (κ2) is 13.4. The van der Waals surface area contributed by atoms with Gasteiger partial charge in [0.15, 0.2) is 23.9 Å². The van der Waals surface area contributed by atoms with Crippen molar-refractivity contribution in [1.29, 1.82) is 0 Å². The minimum atomic E-state index is -4.60. The molecule has 0 spiro atoms. The molecule has 0 atom stereocenters. The summed E-state index contributed by atoms with van der Waals surface area (Å²) in [5.41, 5.74) is -0.784. The maximum atomic E-state index is 13.5. The fourth-order valence-electron chi connectivity index (χ4n) is 4.51. The van der Waals surface area contributed by atoms with Gasteiger partial charge in [0.1, 0.15) is 5.02 Å². The van der Waals surface area contributed by atoms with Crippen LogP contribution in [0.3, 0.4) is 0 Å². The van der Waals surface area contributed by atoms with E-state index in [1.807, 2.05) is 0 Å². The lowest BCUT2D eigenvalue weighted by atomic mass is 10.1. The number of aromatic nitrogens is 2. The Morgan fingerprint density at radius 1 is 1.14 bits per heavy atom. The molecule has 1 aliphatic heterocycles. The molecule has 0 saturated carbocycles. The maximum Gasteiger partial charge on any atom is 0.416 e. The summed E-state index contributed by atoms with van der Waals surface area (Å²) in [4.78, 5) is 32.3. The van der Waals surface area contributed by atoms with Crippen molar-refractivity contribution in [2.75, 3.05) is 39.5 Å². The zero-order valence-electron chi connectivity index (χ0n) is 23.2. The van der Waals surface area contributed by atoms with Crippen molar-refractivity contribution in [3.63, 3.8) is 0 Å². The Bertz CT molecular complexity index is 1790. The highest BCUT2D eigenvalue weighted by Gasteiger charge is 2.31. The maximum absolute atomic E-state index is 13.5. The number of nitrogens with zero attached hydrogens (tertiary/aromatic N) is 4. The van der Waals surface area contributed by atoms with Crippen molar-refractivity contribution in [3.8, 4) is 22.9 Å². The quantitative estimate of drug-likeness (QED) is 0.210. The number of fused-ring (bicyclic) bond motifs is 1. The predicted octanol–water partition coefficient (Wildman–Crippen LogP) is 6.02. The van der Waals surface area contributed by atoms with E-state index in [0.29, 0.717) is 41.9 Å². The van der Waals surface area contributed by atoms with E-state index in [0.717, 1.165) is 16.8 Å². The summed E-state index contributed by atoms with van der Waals surface area (Å²) in [7, 11) is 0. The van der Waals surface area contributed by atoms with Gasteiger partial charge >= 0.3 is 6.18 Å². The smallest absolute Gasteiger partial charge is 0.416 e. The molecule has 9 nitrogen and oxygen atoms in total. The zero-order valence-corrected chi connectivity index (χ0v) is 25.6. The molecule has 5 rings (SSSR count). The summed E-state index contributed by atoms with van der Waals surface area (Å²) >= 11 is 10.1. The van der Waals surface area contributed by atoms with E-state index < -0.39 is 17.3 Å². The lowest BCUT2D eigenvalue weighted by Gasteiger charge is -2.27. The Morgan fingerprint density at radius 2 is 1.89 bits per heavy atom. The lowest BCUT2D eigenvalue weighted by Crippen LogP contribution is -2.43. The van der Waals surface area contributed by atoms with Crippen LogP contribution in [0.5, 0.6) is 11.5 Å². The van der Waals surface area contributed by atoms with Crippen LogP contribution in [0.4, 0.5) is 13.2 Å². The summed E-state index contributed by atoms with van der Waals surface area (Å²) in [5, 5.41) is 4.66. The fourth-order valence-corrected chi connectivity index (χ4v) is 5.16. The number of alkyl halides is 3. The van der Waals surface area contributed by atoms with Gasteiger partial charge in [0.05, 0.1) is 42.5 Å². The molecule has 230 valence electrons. The van der Waals surface area contributed by atoms with Gasteiger partial charge in [-0.05, 0) is 53.2 Å². The van der Waals surface area contributed by atoms with Crippen LogP contribution in [0.25, 0.3) is 22.3 Å². The number of halogens is 5. The molecule has 1 amide bonds. The molecule has 0 N–H and O–H groups in total. The van der Waals surface area contributed by atoms with Gasteiger partial charge in [0, 0.05) is 28.7 Å². The van der Waals surface area contributed by atoms with Gasteiger partial charge in [-0.15, -0.1) is 0 Å². The third-order valence-corrected chi connectivity index (χ3v) is 8.12. The Labute approximate surface area is 262 Å². The molecule has 1 aliphatic rings. The highest BCUT2D eigenvalue weighted by Crippen LogP contribution is 2.42. The molecule has 1 aromatic heterocycles. The van der Waals surface area contributed by atoms with Crippen LogP contribution in [0.2, 0.25) is 5.02 Å². The normalized spacial score (nSPS) is 13.9. The van der Waals surface area contributed by atoms with Crippen molar-refractivity contribution in [3.05, 3.63) is 85.6 Å². The number of ether oxygens (including phenoxy) is 3. The Kier molecular flexibility index (Phi) is 9.56. The number of amides is 1. The molecule has 3 aromatic carbocycles. The largest absolute Gasteiger partial charge is 0.490 e. The molecule has 14 heteroatoms. The number of rotatable bonds is 8. The van der Waals surface area contributed by atoms with Crippen molar-refractivity contribution < 1.29 is 32.2 Å². The van der Waals surface area contributed by atoms with Gasteiger partial charge in [-0.3, -0.25) is 9.59 Å². The Morgan fingerprint density at radius 3 is 2.61 bits per heavy atom. The van der Waals surface area contributed by atoms with Crippen molar-refractivity contribution in [2.24, 2.45) is 5.10 Å². The van der Waals surface area contributed by atoms with Crippen LogP contribution >= 0.6 is 27.5 Å². The molecule has 0 unspecified atom stereocenters.